The Balaban J connectivity index is 1.72. The van der Waals surface area contributed by atoms with Crippen LogP contribution >= 0.6 is 0 Å². The number of nitrogens with zero attached hydrogens (tertiary/aromatic N) is 1. The molecule has 0 radical (unpaired) electrons. The molecule has 0 bridgehead atoms. The molecule has 9 nitrogen and oxygen atoms in total. The molecule has 2 aromatic carbocycles. The largest absolute Gasteiger partial charge is 0.497 e. The number of morpholine rings is 1. The normalized spacial score (nSPS) is 15.8. The lowest BCUT2D eigenvalue weighted by Gasteiger charge is -2.26. The fraction of sp³-hybridized carbons (Fsp3) is 0.360. The number of fused-ring (bicyclic) bond motifs is 1. The summed E-state index contributed by atoms with van der Waals surface area (Å²) in [5.41, 5.74) is 0.937. The number of aromatic nitrogens is 1. The lowest BCUT2D eigenvalue weighted by molar-refractivity contribution is 0.0730. The quantitative estimate of drug-likeness (QED) is 0.516. The third kappa shape index (κ3) is 5.24. The van der Waals surface area contributed by atoms with Gasteiger partial charge < -0.3 is 19.8 Å². The Bertz CT molecular complexity index is 1380. The van der Waals surface area contributed by atoms with Gasteiger partial charge in [-0.15, -0.1) is 0 Å². The van der Waals surface area contributed by atoms with Crippen molar-refractivity contribution in [1.82, 2.24) is 14.6 Å². The first-order valence-electron chi connectivity index (χ1n) is 11.4. The first-order valence-corrected chi connectivity index (χ1v) is 12.8. The topological polar surface area (TPSA) is 118 Å². The van der Waals surface area contributed by atoms with Gasteiger partial charge in [-0.25, -0.2) is 8.42 Å². The van der Waals surface area contributed by atoms with Gasteiger partial charge in [0.25, 0.3) is 5.91 Å². The predicted octanol–water partition coefficient (Wildman–Crippen LogP) is 2.68. The maximum Gasteiger partial charge on any atom is 0.252 e. The van der Waals surface area contributed by atoms with Gasteiger partial charge in [0, 0.05) is 30.1 Å². The summed E-state index contributed by atoms with van der Waals surface area (Å²) in [4.78, 5) is 28.5. The average Bonchev–Trinajstić information content (AvgIpc) is 2.86. The number of nitrogens with one attached hydrogen (secondary N) is 2. The molecule has 1 unspecified atom stereocenters. The summed E-state index contributed by atoms with van der Waals surface area (Å²) in [5.74, 6) is 0.298. The second-order valence-corrected chi connectivity index (χ2v) is 10.7. The van der Waals surface area contributed by atoms with Crippen LogP contribution in [0.1, 0.15) is 35.8 Å². The van der Waals surface area contributed by atoms with Crippen LogP contribution in [0.3, 0.4) is 0 Å². The number of ether oxygens (including phenoxy) is 2. The smallest absolute Gasteiger partial charge is 0.252 e. The number of aromatic amines is 1. The Morgan fingerprint density at radius 1 is 1.09 bits per heavy atom. The molecule has 1 saturated heterocycles. The van der Waals surface area contributed by atoms with Gasteiger partial charge in [-0.1, -0.05) is 26.0 Å². The minimum atomic E-state index is -3.77. The van der Waals surface area contributed by atoms with Crippen LogP contribution in [-0.2, 0) is 14.8 Å². The van der Waals surface area contributed by atoms with Gasteiger partial charge in [-0.3, -0.25) is 9.59 Å². The number of carbonyl (C=O) groups is 1. The number of hydrogen-bond acceptors (Lipinski definition) is 6. The molecule has 0 saturated carbocycles. The first kappa shape index (κ1) is 24.9. The number of methoxy groups -OCH3 is 1. The number of amides is 1. The molecule has 35 heavy (non-hydrogen) atoms. The van der Waals surface area contributed by atoms with E-state index in [1.54, 1.807) is 7.11 Å². The van der Waals surface area contributed by atoms with Gasteiger partial charge in [0.2, 0.25) is 15.6 Å². The molecule has 1 amide bonds. The van der Waals surface area contributed by atoms with Gasteiger partial charge in [0.15, 0.2) is 0 Å². The highest BCUT2D eigenvalue weighted by atomic mass is 32.2. The van der Waals surface area contributed by atoms with E-state index in [1.807, 2.05) is 38.1 Å². The molecule has 186 valence electrons. The second kappa shape index (κ2) is 10.2. The molecule has 3 aromatic rings. The number of H-pyrrole nitrogens is 1. The molecule has 2 N–H and O–H groups in total. The number of rotatable bonds is 7. The molecule has 4 rings (SSSR count). The number of sulfonamides is 1. The molecule has 1 fully saturated rings. The van der Waals surface area contributed by atoms with Gasteiger partial charge in [0.1, 0.15) is 5.75 Å². The monoisotopic (exact) mass is 499 g/mol. The molecular formula is C25H29N3O6S. The van der Waals surface area contributed by atoms with E-state index in [0.717, 1.165) is 5.56 Å². The minimum absolute atomic E-state index is 0.0536. The third-order valence-electron chi connectivity index (χ3n) is 6.10. The highest BCUT2D eigenvalue weighted by Gasteiger charge is 2.27. The Morgan fingerprint density at radius 3 is 2.40 bits per heavy atom. The summed E-state index contributed by atoms with van der Waals surface area (Å²) < 4.78 is 38.2. The van der Waals surface area contributed by atoms with Gasteiger partial charge >= 0.3 is 0 Å². The summed E-state index contributed by atoms with van der Waals surface area (Å²) in [5, 5.41) is 3.37. The fourth-order valence-electron chi connectivity index (χ4n) is 4.18. The lowest BCUT2D eigenvalue weighted by Crippen LogP contribution is -2.40. The van der Waals surface area contributed by atoms with Crippen molar-refractivity contribution in [1.29, 1.82) is 0 Å². The van der Waals surface area contributed by atoms with Crippen molar-refractivity contribution in [2.75, 3.05) is 33.4 Å². The highest BCUT2D eigenvalue weighted by molar-refractivity contribution is 7.89. The zero-order chi connectivity index (χ0) is 25.2. The van der Waals surface area contributed by atoms with Crippen LogP contribution in [-0.4, -0.2) is 57.0 Å². The Morgan fingerprint density at radius 2 is 1.77 bits per heavy atom. The van der Waals surface area contributed by atoms with Crippen LogP contribution < -0.4 is 15.6 Å². The molecule has 0 aliphatic carbocycles. The van der Waals surface area contributed by atoms with E-state index in [2.05, 4.69) is 10.3 Å². The summed E-state index contributed by atoms with van der Waals surface area (Å²) >= 11 is 0. The molecular weight excluding hydrogens is 470 g/mol. The van der Waals surface area contributed by atoms with E-state index >= 15 is 0 Å². The molecule has 2 heterocycles. The number of carbonyl (C=O) groups excluding carboxylic acids is 1. The van der Waals surface area contributed by atoms with E-state index in [-0.39, 0.29) is 35.5 Å². The molecule has 1 atom stereocenters. The van der Waals surface area contributed by atoms with Crippen molar-refractivity contribution in [3.8, 4) is 5.75 Å². The molecule has 1 aliphatic heterocycles. The molecule has 1 aliphatic rings. The van der Waals surface area contributed by atoms with Crippen LogP contribution in [0, 0.1) is 5.92 Å². The van der Waals surface area contributed by atoms with Crippen LogP contribution in [0.2, 0.25) is 0 Å². The maximum atomic E-state index is 13.4. The lowest BCUT2D eigenvalue weighted by atomic mass is 9.95. The van der Waals surface area contributed by atoms with E-state index < -0.39 is 21.5 Å². The first-order chi connectivity index (χ1) is 16.7. The van der Waals surface area contributed by atoms with Gasteiger partial charge in [0.05, 0.1) is 36.8 Å². The van der Waals surface area contributed by atoms with E-state index in [1.165, 1.54) is 28.6 Å². The Kier molecular flexibility index (Phi) is 7.25. The van der Waals surface area contributed by atoms with Crippen LogP contribution in [0.15, 0.2) is 58.2 Å². The van der Waals surface area contributed by atoms with Crippen molar-refractivity contribution in [2.24, 2.45) is 5.92 Å². The fourth-order valence-corrected chi connectivity index (χ4v) is 5.62. The van der Waals surface area contributed by atoms with E-state index in [9.17, 15) is 18.0 Å². The van der Waals surface area contributed by atoms with Crippen molar-refractivity contribution in [3.05, 3.63) is 70.0 Å². The maximum absolute atomic E-state index is 13.4. The number of hydrogen-bond donors (Lipinski definition) is 2. The van der Waals surface area contributed by atoms with Crippen molar-refractivity contribution in [2.45, 2.75) is 24.8 Å². The summed E-state index contributed by atoms with van der Waals surface area (Å²) in [6.45, 7) is 5.15. The molecule has 10 heteroatoms. The second-order valence-electron chi connectivity index (χ2n) is 8.74. The Hall–Kier alpha value is -3.21. The zero-order valence-electron chi connectivity index (χ0n) is 19.9. The van der Waals surface area contributed by atoms with E-state index in [0.29, 0.717) is 29.9 Å². The van der Waals surface area contributed by atoms with Crippen LogP contribution in [0.4, 0.5) is 0 Å². The number of pyridine rings is 1. The molecule has 0 spiro atoms. The SMILES string of the molecule is COc1ccc(C(NC(=O)c2cc(=O)[nH]c3ccc(S(=O)(=O)N4CCOCC4)cc23)C(C)C)cc1. The van der Waals surface area contributed by atoms with Crippen LogP contribution in [0.5, 0.6) is 5.75 Å². The third-order valence-corrected chi connectivity index (χ3v) is 7.99. The minimum Gasteiger partial charge on any atom is -0.497 e. The summed E-state index contributed by atoms with van der Waals surface area (Å²) in [7, 11) is -2.19. The van der Waals surface area contributed by atoms with Gasteiger partial charge in [-0.2, -0.15) is 4.31 Å². The van der Waals surface area contributed by atoms with Crippen LogP contribution in [0.25, 0.3) is 10.9 Å². The van der Waals surface area contributed by atoms with E-state index in [4.69, 9.17) is 9.47 Å². The van der Waals surface area contributed by atoms with Crippen molar-refractivity contribution >= 4 is 26.8 Å². The number of benzene rings is 2. The predicted molar refractivity (Wildman–Crippen MR) is 132 cm³/mol. The zero-order valence-corrected chi connectivity index (χ0v) is 20.7. The summed E-state index contributed by atoms with van der Waals surface area (Å²) in [6.07, 6.45) is 0. The highest BCUT2D eigenvalue weighted by Crippen LogP contribution is 2.27. The molecule has 1 aromatic heterocycles. The Labute approximate surface area is 204 Å². The summed E-state index contributed by atoms with van der Waals surface area (Å²) in [6, 6.07) is 12.7. The van der Waals surface area contributed by atoms with Crippen molar-refractivity contribution in [3.63, 3.8) is 0 Å². The van der Waals surface area contributed by atoms with Gasteiger partial charge in [-0.05, 0) is 41.8 Å². The standard InChI is InChI=1S/C25H29N3O6S/c1-16(2)24(17-4-6-18(33-3)7-5-17)27-25(30)21-15-23(29)26-22-9-8-19(14-20(21)22)35(31,32)28-10-12-34-13-11-28/h4-9,14-16,24H,10-13H2,1-3H3,(H,26,29)(H,27,30). The average molecular weight is 500 g/mol. The van der Waals surface area contributed by atoms with Crippen molar-refractivity contribution < 1.29 is 22.7 Å².